The van der Waals surface area contributed by atoms with Gasteiger partial charge in [-0.3, -0.25) is 4.79 Å². The van der Waals surface area contributed by atoms with Gasteiger partial charge >= 0.3 is 0 Å². The number of nitrogens with one attached hydrogen (secondary N) is 1. The lowest BCUT2D eigenvalue weighted by Crippen LogP contribution is -2.45. The Kier molecular flexibility index (Phi) is 3.30. The SMILES string of the molecule is NC(=S)C(NC(=O)c1ccoc1Br)C1CC1. The van der Waals surface area contributed by atoms with Crippen LogP contribution >= 0.6 is 28.1 Å². The summed E-state index contributed by atoms with van der Waals surface area (Å²) in [5.74, 6) is 0.178. The van der Waals surface area contributed by atoms with Crippen molar-refractivity contribution < 1.29 is 9.21 Å². The maximum absolute atomic E-state index is 11.9. The fraction of sp³-hybridized carbons (Fsp3) is 0.400. The zero-order chi connectivity index (χ0) is 11.7. The number of rotatable bonds is 4. The van der Waals surface area contributed by atoms with Gasteiger partial charge in [-0.05, 0) is 40.8 Å². The van der Waals surface area contributed by atoms with Crippen molar-refractivity contribution in [3.05, 3.63) is 22.6 Å². The van der Waals surface area contributed by atoms with E-state index < -0.39 is 0 Å². The molecule has 1 aliphatic carbocycles. The second kappa shape index (κ2) is 4.55. The molecule has 1 atom stereocenters. The minimum absolute atomic E-state index is 0.204. The summed E-state index contributed by atoms with van der Waals surface area (Å²) in [4.78, 5) is 12.2. The van der Waals surface area contributed by atoms with E-state index in [1.165, 1.54) is 6.26 Å². The Morgan fingerprint density at radius 3 is 2.81 bits per heavy atom. The van der Waals surface area contributed by atoms with Crippen LogP contribution in [-0.4, -0.2) is 16.9 Å². The molecule has 3 N–H and O–H groups in total. The molecular formula is C10H11BrN2O2S. The molecular weight excluding hydrogens is 292 g/mol. The Labute approximate surface area is 107 Å². The van der Waals surface area contributed by atoms with Gasteiger partial charge in [-0.15, -0.1) is 0 Å². The first kappa shape index (κ1) is 11.6. The van der Waals surface area contributed by atoms with Crippen LogP contribution in [0.25, 0.3) is 0 Å². The third-order valence-corrected chi connectivity index (χ3v) is 3.42. The zero-order valence-electron chi connectivity index (χ0n) is 8.40. The summed E-state index contributed by atoms with van der Waals surface area (Å²) in [6, 6.07) is 1.40. The number of furan rings is 1. The number of carbonyl (C=O) groups is 1. The molecule has 86 valence electrons. The van der Waals surface area contributed by atoms with Crippen molar-refractivity contribution in [3.8, 4) is 0 Å². The van der Waals surface area contributed by atoms with E-state index in [4.69, 9.17) is 22.4 Å². The fourth-order valence-electron chi connectivity index (χ4n) is 1.53. The number of carbonyl (C=O) groups excluding carboxylic acids is 1. The van der Waals surface area contributed by atoms with E-state index in [0.717, 1.165) is 12.8 Å². The number of hydrogen-bond acceptors (Lipinski definition) is 3. The number of thiocarbonyl (C=S) groups is 1. The molecule has 1 heterocycles. The van der Waals surface area contributed by atoms with E-state index in [0.29, 0.717) is 21.1 Å². The van der Waals surface area contributed by atoms with Gasteiger partial charge in [0, 0.05) is 0 Å². The fourth-order valence-corrected chi connectivity index (χ4v) is 2.20. The predicted octanol–water partition coefficient (Wildman–Crippen LogP) is 1.84. The van der Waals surface area contributed by atoms with Crippen LogP contribution in [0.15, 0.2) is 21.4 Å². The molecule has 0 aliphatic heterocycles. The summed E-state index contributed by atoms with van der Waals surface area (Å²) >= 11 is 8.10. The van der Waals surface area contributed by atoms with Gasteiger partial charge in [0.2, 0.25) is 0 Å². The Morgan fingerprint density at radius 2 is 2.38 bits per heavy atom. The Morgan fingerprint density at radius 1 is 1.69 bits per heavy atom. The summed E-state index contributed by atoms with van der Waals surface area (Å²) in [7, 11) is 0. The second-order valence-electron chi connectivity index (χ2n) is 3.80. The van der Waals surface area contributed by atoms with E-state index >= 15 is 0 Å². The van der Waals surface area contributed by atoms with Crippen LogP contribution < -0.4 is 11.1 Å². The highest BCUT2D eigenvalue weighted by Crippen LogP contribution is 2.33. The third-order valence-electron chi connectivity index (χ3n) is 2.55. The normalized spacial score (nSPS) is 16.8. The van der Waals surface area contributed by atoms with Gasteiger partial charge in [0.1, 0.15) is 0 Å². The average molecular weight is 303 g/mol. The molecule has 16 heavy (non-hydrogen) atoms. The van der Waals surface area contributed by atoms with Crippen LogP contribution in [0.4, 0.5) is 0 Å². The molecule has 0 radical (unpaired) electrons. The quantitative estimate of drug-likeness (QED) is 0.833. The van der Waals surface area contributed by atoms with E-state index in [2.05, 4.69) is 21.2 Å². The van der Waals surface area contributed by atoms with Crippen molar-refractivity contribution in [3.63, 3.8) is 0 Å². The molecule has 0 aromatic carbocycles. The Balaban J connectivity index is 2.06. The number of amides is 1. The lowest BCUT2D eigenvalue weighted by molar-refractivity contribution is 0.0942. The van der Waals surface area contributed by atoms with Crippen LogP contribution in [0, 0.1) is 5.92 Å². The maximum atomic E-state index is 11.9. The van der Waals surface area contributed by atoms with Crippen molar-refractivity contribution in [2.45, 2.75) is 18.9 Å². The molecule has 1 amide bonds. The Hall–Kier alpha value is -0.880. The van der Waals surface area contributed by atoms with Crippen LogP contribution in [0.3, 0.4) is 0 Å². The highest BCUT2D eigenvalue weighted by Gasteiger charge is 2.34. The summed E-state index contributed by atoms with van der Waals surface area (Å²) < 4.78 is 5.41. The summed E-state index contributed by atoms with van der Waals surface area (Å²) in [5, 5.41) is 2.83. The molecule has 4 nitrogen and oxygen atoms in total. The van der Waals surface area contributed by atoms with Crippen molar-refractivity contribution >= 4 is 39.0 Å². The zero-order valence-corrected chi connectivity index (χ0v) is 10.8. The first-order valence-electron chi connectivity index (χ1n) is 4.92. The van der Waals surface area contributed by atoms with Gasteiger partial charge in [-0.25, -0.2) is 0 Å². The van der Waals surface area contributed by atoms with Crippen molar-refractivity contribution in [2.24, 2.45) is 11.7 Å². The number of hydrogen-bond donors (Lipinski definition) is 2. The van der Waals surface area contributed by atoms with Gasteiger partial charge in [0.05, 0.1) is 22.9 Å². The molecule has 0 saturated heterocycles. The lowest BCUT2D eigenvalue weighted by Gasteiger charge is -2.16. The molecule has 1 saturated carbocycles. The van der Waals surface area contributed by atoms with E-state index in [1.54, 1.807) is 6.07 Å². The molecule has 1 aliphatic rings. The third kappa shape index (κ3) is 2.44. The minimum atomic E-state index is -0.217. The molecule has 1 fully saturated rings. The number of nitrogens with two attached hydrogens (primary N) is 1. The molecule has 1 aromatic heterocycles. The van der Waals surface area contributed by atoms with Crippen LogP contribution in [0.2, 0.25) is 0 Å². The summed E-state index contributed by atoms with van der Waals surface area (Å²) in [6.07, 6.45) is 3.58. The molecule has 2 rings (SSSR count). The van der Waals surface area contributed by atoms with Gasteiger partial charge < -0.3 is 15.5 Å². The smallest absolute Gasteiger partial charge is 0.256 e. The van der Waals surface area contributed by atoms with E-state index in [-0.39, 0.29) is 11.9 Å². The topological polar surface area (TPSA) is 68.3 Å². The van der Waals surface area contributed by atoms with Crippen LogP contribution in [-0.2, 0) is 0 Å². The average Bonchev–Trinajstić information content (AvgIpc) is 2.96. The molecule has 1 unspecified atom stereocenters. The summed E-state index contributed by atoms with van der Waals surface area (Å²) in [6.45, 7) is 0. The lowest BCUT2D eigenvalue weighted by atomic mass is 10.1. The summed E-state index contributed by atoms with van der Waals surface area (Å²) in [5.41, 5.74) is 6.06. The first-order chi connectivity index (χ1) is 7.59. The molecule has 6 heteroatoms. The molecule has 0 spiro atoms. The highest BCUT2D eigenvalue weighted by atomic mass is 79.9. The largest absolute Gasteiger partial charge is 0.457 e. The van der Waals surface area contributed by atoms with Crippen LogP contribution in [0.5, 0.6) is 0 Å². The van der Waals surface area contributed by atoms with E-state index in [9.17, 15) is 4.79 Å². The Bertz CT molecular complexity index is 428. The first-order valence-corrected chi connectivity index (χ1v) is 6.13. The van der Waals surface area contributed by atoms with Gasteiger partial charge in [-0.1, -0.05) is 12.2 Å². The predicted molar refractivity (Wildman–Crippen MR) is 67.2 cm³/mol. The van der Waals surface area contributed by atoms with Gasteiger partial charge in [0.25, 0.3) is 5.91 Å². The maximum Gasteiger partial charge on any atom is 0.256 e. The number of halogens is 1. The highest BCUT2D eigenvalue weighted by molar-refractivity contribution is 9.10. The van der Waals surface area contributed by atoms with Gasteiger partial charge in [0.15, 0.2) is 4.67 Å². The van der Waals surface area contributed by atoms with Crippen LogP contribution in [0.1, 0.15) is 23.2 Å². The second-order valence-corrected chi connectivity index (χ2v) is 4.99. The van der Waals surface area contributed by atoms with E-state index in [1.807, 2.05) is 0 Å². The minimum Gasteiger partial charge on any atom is -0.457 e. The van der Waals surface area contributed by atoms with Crippen molar-refractivity contribution in [2.75, 3.05) is 0 Å². The van der Waals surface area contributed by atoms with Gasteiger partial charge in [-0.2, -0.15) is 0 Å². The molecule has 1 aromatic rings. The monoisotopic (exact) mass is 302 g/mol. The molecule has 0 bridgehead atoms. The standard InChI is InChI=1S/C10H11BrN2O2S/c11-8-6(3-4-15-8)10(14)13-7(9(12)16)5-1-2-5/h3-5,7H,1-2H2,(H2,12,16)(H,13,14). The van der Waals surface area contributed by atoms with Crippen molar-refractivity contribution in [1.29, 1.82) is 0 Å². The van der Waals surface area contributed by atoms with Crippen molar-refractivity contribution in [1.82, 2.24) is 5.32 Å².